The van der Waals surface area contributed by atoms with Crippen molar-refractivity contribution in [3.63, 3.8) is 0 Å². The first-order valence-electron chi connectivity index (χ1n) is 4.80. The summed E-state index contributed by atoms with van der Waals surface area (Å²) in [7, 11) is -3.59. The summed E-state index contributed by atoms with van der Waals surface area (Å²) in [5.74, 6) is -1.12. The van der Waals surface area contributed by atoms with Gasteiger partial charge in [-0.2, -0.15) is 17.0 Å². The van der Waals surface area contributed by atoms with E-state index in [0.29, 0.717) is 6.54 Å². The van der Waals surface area contributed by atoms with Gasteiger partial charge in [0, 0.05) is 19.1 Å². The number of hydrogen-bond acceptors (Lipinski definition) is 3. The summed E-state index contributed by atoms with van der Waals surface area (Å²) in [6.45, 7) is 5.52. The molecule has 0 aliphatic carbocycles. The predicted octanol–water partition coefficient (Wildman–Crippen LogP) is -0.270. The van der Waals surface area contributed by atoms with Crippen molar-refractivity contribution in [3.8, 4) is 0 Å². The van der Waals surface area contributed by atoms with Crippen LogP contribution in [0.4, 0.5) is 0 Å². The number of carboxylic acids is 1. The zero-order valence-corrected chi connectivity index (χ0v) is 9.86. The Hall–Kier alpha value is -0.660. The van der Waals surface area contributed by atoms with Gasteiger partial charge in [-0.15, -0.1) is 0 Å². The van der Waals surface area contributed by atoms with Gasteiger partial charge in [-0.25, -0.2) is 0 Å². The normalized spacial score (nSPS) is 24.5. The number of carbonyl (C=O) groups is 1. The van der Waals surface area contributed by atoms with E-state index in [0.717, 1.165) is 4.31 Å². The summed E-state index contributed by atoms with van der Waals surface area (Å²) >= 11 is 0. The number of carboxylic acid groups (broad SMARTS) is 1. The van der Waals surface area contributed by atoms with Crippen LogP contribution in [-0.4, -0.2) is 53.3 Å². The third kappa shape index (κ3) is 2.14. The average Bonchev–Trinajstić information content (AvgIpc) is 2.39. The van der Waals surface area contributed by atoms with Crippen LogP contribution in [0.5, 0.6) is 0 Å². The van der Waals surface area contributed by atoms with Gasteiger partial charge in [-0.1, -0.05) is 0 Å². The molecule has 0 amide bonds. The maximum atomic E-state index is 11.9. The van der Waals surface area contributed by atoms with Crippen molar-refractivity contribution < 1.29 is 18.3 Å². The third-order valence-electron chi connectivity index (χ3n) is 2.50. The molecule has 1 rings (SSSR count). The van der Waals surface area contributed by atoms with E-state index < -0.39 is 22.2 Å². The molecule has 1 saturated heterocycles. The molecular formula is C8H16N2O4S. The van der Waals surface area contributed by atoms with Gasteiger partial charge >= 0.3 is 5.97 Å². The minimum Gasteiger partial charge on any atom is -0.480 e. The van der Waals surface area contributed by atoms with E-state index >= 15 is 0 Å². The Morgan fingerprint density at radius 2 is 1.67 bits per heavy atom. The maximum Gasteiger partial charge on any atom is 0.321 e. The van der Waals surface area contributed by atoms with Gasteiger partial charge in [0.1, 0.15) is 6.04 Å². The lowest BCUT2D eigenvalue weighted by Crippen LogP contribution is -2.43. The first-order chi connectivity index (χ1) is 6.78. The van der Waals surface area contributed by atoms with Gasteiger partial charge in [-0.05, 0) is 20.8 Å². The minimum absolute atomic E-state index is 0.138. The molecule has 1 aliphatic heterocycles. The zero-order valence-electron chi connectivity index (χ0n) is 9.04. The van der Waals surface area contributed by atoms with Crippen molar-refractivity contribution in [2.24, 2.45) is 0 Å². The smallest absolute Gasteiger partial charge is 0.321 e. The average molecular weight is 236 g/mol. The first kappa shape index (κ1) is 12.4. The van der Waals surface area contributed by atoms with Crippen LogP contribution in [0.15, 0.2) is 0 Å². The van der Waals surface area contributed by atoms with Crippen molar-refractivity contribution in [1.29, 1.82) is 0 Å². The van der Waals surface area contributed by atoms with Crippen molar-refractivity contribution >= 4 is 16.2 Å². The standard InChI is InChI=1S/C8H16N2O4S/c1-6(2)9-4-5-10(15(9,13)14)7(3)8(11)12/h6-7H,4-5H2,1-3H3,(H,11,12). The van der Waals surface area contributed by atoms with Gasteiger partial charge in [-0.3, -0.25) is 4.79 Å². The first-order valence-corrected chi connectivity index (χ1v) is 6.19. The molecule has 1 fully saturated rings. The summed E-state index contributed by atoms with van der Waals surface area (Å²) in [5.41, 5.74) is 0. The van der Waals surface area contributed by atoms with Crippen molar-refractivity contribution in [3.05, 3.63) is 0 Å². The van der Waals surface area contributed by atoms with Crippen LogP contribution in [0.1, 0.15) is 20.8 Å². The Morgan fingerprint density at radius 1 is 1.20 bits per heavy atom. The summed E-state index contributed by atoms with van der Waals surface area (Å²) in [6, 6.07) is -1.14. The lowest BCUT2D eigenvalue weighted by molar-refractivity contribution is -0.140. The van der Waals surface area contributed by atoms with Crippen LogP contribution in [0, 0.1) is 0 Å². The summed E-state index contributed by atoms with van der Waals surface area (Å²) in [5, 5.41) is 8.77. The van der Waals surface area contributed by atoms with E-state index in [-0.39, 0.29) is 12.6 Å². The molecule has 0 aromatic rings. The molecule has 0 aromatic carbocycles. The van der Waals surface area contributed by atoms with E-state index in [4.69, 9.17) is 5.11 Å². The molecule has 7 heteroatoms. The van der Waals surface area contributed by atoms with E-state index in [2.05, 4.69) is 0 Å². The molecular weight excluding hydrogens is 220 g/mol. The quantitative estimate of drug-likeness (QED) is 0.731. The number of aliphatic carboxylic acids is 1. The molecule has 1 heterocycles. The molecule has 0 bridgehead atoms. The minimum atomic E-state index is -3.59. The predicted molar refractivity (Wildman–Crippen MR) is 54.6 cm³/mol. The SMILES string of the molecule is CC(C)N1CCN(C(C)C(=O)O)S1(=O)=O. The van der Waals surface area contributed by atoms with Gasteiger partial charge in [0.05, 0.1) is 0 Å². The topological polar surface area (TPSA) is 77.9 Å². The van der Waals surface area contributed by atoms with Crippen molar-refractivity contribution in [1.82, 2.24) is 8.61 Å². The Kier molecular flexibility index (Phi) is 3.37. The highest BCUT2D eigenvalue weighted by molar-refractivity contribution is 7.87. The van der Waals surface area contributed by atoms with Crippen LogP contribution in [-0.2, 0) is 15.0 Å². The fourth-order valence-corrected chi connectivity index (χ4v) is 3.52. The van der Waals surface area contributed by atoms with Crippen molar-refractivity contribution in [2.45, 2.75) is 32.9 Å². The fraction of sp³-hybridized carbons (Fsp3) is 0.875. The van der Waals surface area contributed by atoms with E-state index in [1.807, 2.05) is 0 Å². The molecule has 1 aliphatic rings. The summed E-state index contributed by atoms with van der Waals surface area (Å²) in [4.78, 5) is 10.7. The Morgan fingerprint density at radius 3 is 2.00 bits per heavy atom. The second-order valence-corrected chi connectivity index (χ2v) is 5.67. The van der Waals surface area contributed by atoms with Crippen LogP contribution < -0.4 is 0 Å². The number of hydrogen-bond donors (Lipinski definition) is 1. The van der Waals surface area contributed by atoms with Gasteiger partial charge < -0.3 is 5.11 Å². The van der Waals surface area contributed by atoms with Gasteiger partial charge in [0.25, 0.3) is 10.2 Å². The molecule has 88 valence electrons. The highest BCUT2D eigenvalue weighted by Gasteiger charge is 2.42. The van der Waals surface area contributed by atoms with Crippen LogP contribution >= 0.6 is 0 Å². The highest BCUT2D eigenvalue weighted by Crippen LogP contribution is 2.21. The maximum absolute atomic E-state index is 11.9. The Labute approximate surface area is 89.7 Å². The number of rotatable bonds is 3. The van der Waals surface area contributed by atoms with E-state index in [1.54, 1.807) is 13.8 Å². The molecule has 0 radical (unpaired) electrons. The fourth-order valence-electron chi connectivity index (χ4n) is 1.60. The molecule has 1 unspecified atom stereocenters. The molecule has 0 saturated carbocycles. The summed E-state index contributed by atoms with van der Waals surface area (Å²) < 4.78 is 26.1. The molecule has 15 heavy (non-hydrogen) atoms. The van der Waals surface area contributed by atoms with Crippen molar-refractivity contribution in [2.75, 3.05) is 13.1 Å². The second kappa shape index (κ2) is 4.07. The monoisotopic (exact) mass is 236 g/mol. The molecule has 1 N–H and O–H groups in total. The van der Waals surface area contributed by atoms with Crippen LogP contribution in [0.2, 0.25) is 0 Å². The Bertz CT molecular complexity index is 352. The number of nitrogens with zero attached hydrogens (tertiary/aromatic N) is 2. The van der Waals surface area contributed by atoms with Crippen LogP contribution in [0.3, 0.4) is 0 Å². The second-order valence-electron chi connectivity index (χ2n) is 3.84. The van der Waals surface area contributed by atoms with E-state index in [1.165, 1.54) is 11.2 Å². The molecule has 6 nitrogen and oxygen atoms in total. The van der Waals surface area contributed by atoms with Gasteiger partial charge in [0.2, 0.25) is 0 Å². The van der Waals surface area contributed by atoms with Crippen LogP contribution in [0.25, 0.3) is 0 Å². The zero-order chi connectivity index (χ0) is 11.8. The lowest BCUT2D eigenvalue weighted by Gasteiger charge is -2.23. The molecule has 0 spiro atoms. The third-order valence-corrected chi connectivity index (χ3v) is 4.79. The van der Waals surface area contributed by atoms with Gasteiger partial charge in [0.15, 0.2) is 0 Å². The highest BCUT2D eigenvalue weighted by atomic mass is 32.2. The molecule has 1 atom stereocenters. The lowest BCUT2D eigenvalue weighted by atomic mass is 10.3. The largest absolute Gasteiger partial charge is 0.480 e. The molecule has 0 aromatic heterocycles. The summed E-state index contributed by atoms with van der Waals surface area (Å²) in [6.07, 6.45) is 0. The van der Waals surface area contributed by atoms with E-state index in [9.17, 15) is 13.2 Å². The Balaban J connectivity index is 2.94.